The number of fused-ring (bicyclic) bond motifs is 1. The SMILES string of the molecule is CCOn1cnc2c(NC=O)nc(-c3ccccc3)nc21. The molecule has 0 radical (unpaired) electrons. The van der Waals surface area contributed by atoms with Gasteiger partial charge in [-0.2, -0.15) is 4.73 Å². The lowest BCUT2D eigenvalue weighted by Crippen LogP contribution is -2.10. The van der Waals surface area contributed by atoms with E-state index in [1.54, 1.807) is 0 Å². The standard InChI is InChI=1S/C14H13N5O2/c1-2-21-19-8-15-11-13(16-9-20)17-12(18-14(11)19)10-6-4-3-5-7-10/h3-9H,2H2,1H3,(H,16,17,18,20). The summed E-state index contributed by atoms with van der Waals surface area (Å²) in [6, 6.07) is 9.50. The van der Waals surface area contributed by atoms with E-state index in [0.29, 0.717) is 35.8 Å². The second-order valence-electron chi connectivity index (χ2n) is 4.18. The summed E-state index contributed by atoms with van der Waals surface area (Å²) in [5.74, 6) is 0.848. The first-order chi connectivity index (χ1) is 10.3. The lowest BCUT2D eigenvalue weighted by atomic mass is 10.2. The van der Waals surface area contributed by atoms with Crippen molar-refractivity contribution in [2.24, 2.45) is 0 Å². The van der Waals surface area contributed by atoms with Gasteiger partial charge < -0.3 is 10.2 Å². The van der Waals surface area contributed by atoms with Crippen molar-refractivity contribution in [3.8, 4) is 11.4 Å². The summed E-state index contributed by atoms with van der Waals surface area (Å²) < 4.78 is 1.47. The van der Waals surface area contributed by atoms with Gasteiger partial charge in [0, 0.05) is 5.56 Å². The third-order valence-corrected chi connectivity index (χ3v) is 2.86. The van der Waals surface area contributed by atoms with Gasteiger partial charge in [0.1, 0.15) is 12.9 Å². The predicted octanol–water partition coefficient (Wildman–Crippen LogP) is 1.51. The molecule has 7 nitrogen and oxygen atoms in total. The van der Waals surface area contributed by atoms with Crippen LogP contribution < -0.4 is 10.2 Å². The molecule has 2 heterocycles. The number of hydrogen-bond donors (Lipinski definition) is 1. The summed E-state index contributed by atoms with van der Waals surface area (Å²) in [7, 11) is 0. The smallest absolute Gasteiger partial charge is 0.212 e. The van der Waals surface area contributed by atoms with Gasteiger partial charge in [-0.25, -0.2) is 15.0 Å². The topological polar surface area (TPSA) is 81.9 Å². The highest BCUT2D eigenvalue weighted by molar-refractivity contribution is 5.89. The number of hydrogen-bond acceptors (Lipinski definition) is 5. The Morgan fingerprint density at radius 1 is 1.29 bits per heavy atom. The number of amides is 1. The van der Waals surface area contributed by atoms with Crippen molar-refractivity contribution in [1.82, 2.24) is 19.7 Å². The van der Waals surface area contributed by atoms with Crippen molar-refractivity contribution in [2.45, 2.75) is 6.92 Å². The highest BCUT2D eigenvalue weighted by Gasteiger charge is 2.14. The van der Waals surface area contributed by atoms with Gasteiger partial charge in [-0.1, -0.05) is 30.3 Å². The van der Waals surface area contributed by atoms with Crippen LogP contribution in [0, 0.1) is 0 Å². The van der Waals surface area contributed by atoms with Gasteiger partial charge in [0.05, 0.1) is 0 Å². The van der Waals surface area contributed by atoms with Crippen molar-refractivity contribution in [2.75, 3.05) is 11.9 Å². The second kappa shape index (κ2) is 5.58. The summed E-state index contributed by atoms with van der Waals surface area (Å²) in [5.41, 5.74) is 1.84. The fourth-order valence-electron chi connectivity index (χ4n) is 1.99. The van der Waals surface area contributed by atoms with Gasteiger partial charge in [0.25, 0.3) is 0 Å². The highest BCUT2D eigenvalue weighted by Crippen LogP contribution is 2.23. The van der Waals surface area contributed by atoms with Gasteiger partial charge in [-0.3, -0.25) is 4.79 Å². The molecule has 0 unspecified atom stereocenters. The first kappa shape index (κ1) is 13.0. The highest BCUT2D eigenvalue weighted by atomic mass is 16.7. The fourth-order valence-corrected chi connectivity index (χ4v) is 1.99. The first-order valence-corrected chi connectivity index (χ1v) is 6.47. The Kier molecular flexibility index (Phi) is 3.46. The van der Waals surface area contributed by atoms with Gasteiger partial charge in [0.2, 0.25) is 12.1 Å². The van der Waals surface area contributed by atoms with Crippen molar-refractivity contribution < 1.29 is 9.63 Å². The zero-order valence-electron chi connectivity index (χ0n) is 11.4. The van der Waals surface area contributed by atoms with Crippen molar-refractivity contribution >= 4 is 23.4 Å². The maximum absolute atomic E-state index is 10.8. The van der Waals surface area contributed by atoms with Crippen LogP contribution in [-0.2, 0) is 4.79 Å². The molecular weight excluding hydrogens is 270 g/mol. The van der Waals surface area contributed by atoms with E-state index in [9.17, 15) is 4.79 Å². The predicted molar refractivity (Wildman–Crippen MR) is 77.6 cm³/mol. The molecule has 1 N–H and O–H groups in total. The van der Waals surface area contributed by atoms with Gasteiger partial charge in [-0.05, 0) is 6.92 Å². The van der Waals surface area contributed by atoms with E-state index in [0.717, 1.165) is 5.56 Å². The van der Waals surface area contributed by atoms with Gasteiger partial charge in [-0.15, -0.1) is 0 Å². The molecule has 0 atom stereocenters. The molecule has 0 fully saturated rings. The van der Waals surface area contributed by atoms with Crippen LogP contribution in [0.25, 0.3) is 22.6 Å². The van der Waals surface area contributed by atoms with Gasteiger partial charge >= 0.3 is 0 Å². The number of carbonyl (C=O) groups excluding carboxylic acids is 1. The maximum Gasteiger partial charge on any atom is 0.212 e. The molecule has 7 heteroatoms. The summed E-state index contributed by atoms with van der Waals surface area (Å²) in [6.45, 7) is 2.35. The van der Waals surface area contributed by atoms with Crippen LogP contribution in [0.4, 0.5) is 5.82 Å². The number of imidazole rings is 1. The number of carbonyl (C=O) groups is 1. The fraction of sp³-hybridized carbons (Fsp3) is 0.143. The minimum Gasteiger partial charge on any atom is -0.411 e. The average molecular weight is 283 g/mol. The Labute approximate surface area is 120 Å². The summed E-state index contributed by atoms with van der Waals surface area (Å²) in [6.07, 6.45) is 2.07. The number of rotatable bonds is 5. The number of nitrogens with zero attached hydrogens (tertiary/aromatic N) is 4. The molecule has 0 spiro atoms. The molecule has 3 rings (SSSR count). The molecule has 0 saturated heterocycles. The summed E-state index contributed by atoms with van der Waals surface area (Å²) in [5, 5.41) is 2.55. The minimum atomic E-state index is 0.354. The molecule has 106 valence electrons. The quantitative estimate of drug-likeness (QED) is 0.718. The Bertz CT molecular complexity index is 770. The largest absolute Gasteiger partial charge is 0.411 e. The number of aromatic nitrogens is 4. The lowest BCUT2D eigenvalue weighted by Gasteiger charge is -2.07. The number of anilines is 1. The molecule has 0 aliphatic carbocycles. The summed E-state index contributed by atoms with van der Waals surface area (Å²) in [4.78, 5) is 29.2. The zero-order valence-corrected chi connectivity index (χ0v) is 11.4. The minimum absolute atomic E-state index is 0.354. The molecule has 0 aliphatic heterocycles. The third-order valence-electron chi connectivity index (χ3n) is 2.86. The molecule has 1 aromatic carbocycles. The molecule has 2 aromatic heterocycles. The molecule has 0 saturated carbocycles. The van der Waals surface area contributed by atoms with Crippen LogP contribution in [0.15, 0.2) is 36.7 Å². The van der Waals surface area contributed by atoms with E-state index >= 15 is 0 Å². The molecule has 21 heavy (non-hydrogen) atoms. The van der Waals surface area contributed by atoms with E-state index in [4.69, 9.17) is 4.84 Å². The summed E-state index contributed by atoms with van der Waals surface area (Å²) >= 11 is 0. The molecule has 3 aromatic rings. The van der Waals surface area contributed by atoms with Crippen LogP contribution in [-0.4, -0.2) is 32.7 Å². The van der Waals surface area contributed by atoms with E-state index in [-0.39, 0.29) is 0 Å². The average Bonchev–Trinajstić information content (AvgIpc) is 2.92. The van der Waals surface area contributed by atoms with Crippen molar-refractivity contribution in [3.05, 3.63) is 36.7 Å². The molecule has 1 amide bonds. The van der Waals surface area contributed by atoms with Crippen LogP contribution >= 0.6 is 0 Å². The third kappa shape index (κ3) is 2.40. The van der Waals surface area contributed by atoms with E-state index in [1.165, 1.54) is 11.1 Å². The zero-order chi connectivity index (χ0) is 14.7. The lowest BCUT2D eigenvalue weighted by molar-refractivity contribution is -0.105. The number of nitrogens with one attached hydrogen (secondary N) is 1. The Morgan fingerprint density at radius 2 is 2.10 bits per heavy atom. The van der Waals surface area contributed by atoms with Crippen LogP contribution in [0.2, 0.25) is 0 Å². The van der Waals surface area contributed by atoms with Gasteiger partial charge in [0.15, 0.2) is 17.2 Å². The molecule has 0 aliphatic rings. The number of benzene rings is 1. The van der Waals surface area contributed by atoms with Crippen LogP contribution in [0.5, 0.6) is 0 Å². The van der Waals surface area contributed by atoms with Crippen LogP contribution in [0.3, 0.4) is 0 Å². The van der Waals surface area contributed by atoms with E-state index in [2.05, 4.69) is 20.3 Å². The van der Waals surface area contributed by atoms with Crippen molar-refractivity contribution in [1.29, 1.82) is 0 Å². The van der Waals surface area contributed by atoms with Crippen molar-refractivity contribution in [3.63, 3.8) is 0 Å². The maximum atomic E-state index is 10.8. The Hall–Kier alpha value is -2.96. The Morgan fingerprint density at radius 3 is 2.81 bits per heavy atom. The van der Waals surface area contributed by atoms with E-state index < -0.39 is 0 Å². The Balaban J connectivity index is 2.21. The molecule has 0 bridgehead atoms. The normalized spacial score (nSPS) is 10.5. The van der Waals surface area contributed by atoms with E-state index in [1.807, 2.05) is 37.3 Å². The monoisotopic (exact) mass is 283 g/mol. The second-order valence-corrected chi connectivity index (χ2v) is 4.18. The first-order valence-electron chi connectivity index (χ1n) is 6.47. The van der Waals surface area contributed by atoms with Crippen LogP contribution in [0.1, 0.15) is 6.92 Å². The molecular formula is C14H13N5O2.